The molecule has 2 aliphatic rings. The molecule has 4 nitrogen and oxygen atoms in total. The molecule has 3 rings (SSSR count). The molecule has 0 saturated carbocycles. The summed E-state index contributed by atoms with van der Waals surface area (Å²) in [6, 6.07) is 6.95. The summed E-state index contributed by atoms with van der Waals surface area (Å²) in [5, 5.41) is 0.594. The van der Waals surface area contributed by atoms with Gasteiger partial charge in [-0.05, 0) is 30.7 Å². The highest BCUT2D eigenvalue weighted by molar-refractivity contribution is 8.03. The van der Waals surface area contributed by atoms with Crippen molar-refractivity contribution in [2.45, 2.75) is 11.3 Å². The van der Waals surface area contributed by atoms with Crippen molar-refractivity contribution in [3.63, 3.8) is 0 Å². The summed E-state index contributed by atoms with van der Waals surface area (Å²) < 4.78 is 23.5. The third-order valence-corrected chi connectivity index (χ3v) is 7.09. The van der Waals surface area contributed by atoms with Gasteiger partial charge in [0.25, 0.3) is 0 Å². The summed E-state index contributed by atoms with van der Waals surface area (Å²) in [6.07, 6.45) is 0.494. The number of hydrogen-bond acceptors (Lipinski definition) is 4. The summed E-state index contributed by atoms with van der Waals surface area (Å²) in [4.78, 5) is 13.1. The van der Waals surface area contributed by atoms with Crippen LogP contribution in [-0.2, 0) is 14.6 Å². The summed E-state index contributed by atoms with van der Waals surface area (Å²) in [7, 11) is -3.05. The molecule has 0 radical (unpaired) electrons. The van der Waals surface area contributed by atoms with Crippen molar-refractivity contribution in [2.75, 3.05) is 22.2 Å². The topological polar surface area (TPSA) is 54.5 Å². The molecule has 1 spiro atoms. The van der Waals surface area contributed by atoms with Gasteiger partial charge in [-0.15, -0.1) is 11.8 Å². The largest absolute Gasteiger partial charge is 0.295 e. The number of rotatable bonds is 1. The summed E-state index contributed by atoms with van der Waals surface area (Å²) in [6.45, 7) is 0. The molecule has 102 valence electrons. The fourth-order valence-electron chi connectivity index (χ4n) is 2.62. The Bertz CT molecular complexity index is 629. The van der Waals surface area contributed by atoms with Gasteiger partial charge in [0.2, 0.25) is 5.91 Å². The molecule has 1 aromatic carbocycles. The van der Waals surface area contributed by atoms with E-state index in [0.717, 1.165) is 5.69 Å². The Morgan fingerprint density at radius 3 is 2.53 bits per heavy atom. The number of sulfone groups is 1. The molecule has 7 heteroatoms. The predicted octanol–water partition coefficient (Wildman–Crippen LogP) is 1.93. The first kappa shape index (κ1) is 13.3. The van der Waals surface area contributed by atoms with E-state index in [0.29, 0.717) is 17.2 Å². The number of halogens is 1. The molecule has 2 heterocycles. The lowest BCUT2D eigenvalue weighted by atomic mass is 10.1. The molecule has 2 aliphatic heterocycles. The van der Waals surface area contributed by atoms with Gasteiger partial charge in [-0.3, -0.25) is 9.69 Å². The number of carbonyl (C=O) groups is 1. The minimum Gasteiger partial charge on any atom is -0.295 e. The number of benzene rings is 1. The number of amides is 1. The van der Waals surface area contributed by atoms with Crippen LogP contribution in [0, 0.1) is 0 Å². The van der Waals surface area contributed by atoms with Crippen LogP contribution >= 0.6 is 23.4 Å². The van der Waals surface area contributed by atoms with Crippen molar-refractivity contribution in [3.05, 3.63) is 29.3 Å². The molecular formula is C12H12ClNO3S2. The molecule has 0 unspecified atom stereocenters. The summed E-state index contributed by atoms with van der Waals surface area (Å²) in [5.74, 6) is 0.485. The number of nitrogens with zero attached hydrogens (tertiary/aromatic N) is 1. The van der Waals surface area contributed by atoms with Gasteiger partial charge in [0, 0.05) is 10.7 Å². The zero-order chi connectivity index (χ0) is 13.7. The molecule has 0 N–H and O–H groups in total. The van der Waals surface area contributed by atoms with Gasteiger partial charge < -0.3 is 0 Å². The number of thioether (sulfide) groups is 1. The first-order valence-corrected chi connectivity index (χ1v) is 9.03. The molecule has 19 heavy (non-hydrogen) atoms. The van der Waals surface area contributed by atoms with Crippen molar-refractivity contribution in [1.82, 2.24) is 0 Å². The quantitative estimate of drug-likeness (QED) is 0.794. The fourth-order valence-corrected chi connectivity index (χ4v) is 6.60. The van der Waals surface area contributed by atoms with Crippen LogP contribution in [0.5, 0.6) is 0 Å². The Hall–Kier alpha value is -0.720. The molecule has 0 aliphatic carbocycles. The summed E-state index contributed by atoms with van der Waals surface area (Å²) in [5.41, 5.74) is 0.719. The minimum absolute atomic E-state index is 0.0376. The first-order valence-electron chi connectivity index (χ1n) is 5.85. The zero-order valence-electron chi connectivity index (χ0n) is 10.0. The third-order valence-electron chi connectivity index (χ3n) is 3.46. The van der Waals surface area contributed by atoms with E-state index in [1.807, 2.05) is 0 Å². The average molecular weight is 318 g/mol. The second-order valence-electron chi connectivity index (χ2n) is 4.78. The molecule has 2 saturated heterocycles. The van der Waals surface area contributed by atoms with Crippen LogP contribution in [0.4, 0.5) is 5.69 Å². The Kier molecular flexibility index (Phi) is 3.07. The molecule has 1 atom stereocenters. The zero-order valence-corrected chi connectivity index (χ0v) is 12.4. The molecule has 0 bridgehead atoms. The van der Waals surface area contributed by atoms with Gasteiger partial charge in [0.1, 0.15) is 4.87 Å². The van der Waals surface area contributed by atoms with E-state index < -0.39 is 14.7 Å². The lowest BCUT2D eigenvalue weighted by Gasteiger charge is -2.32. The van der Waals surface area contributed by atoms with E-state index in [9.17, 15) is 13.2 Å². The normalized spacial score (nSPS) is 29.3. The lowest BCUT2D eigenvalue weighted by molar-refractivity contribution is -0.116. The highest BCUT2D eigenvalue weighted by atomic mass is 35.5. The van der Waals surface area contributed by atoms with E-state index in [2.05, 4.69) is 0 Å². The van der Waals surface area contributed by atoms with Crippen molar-refractivity contribution < 1.29 is 13.2 Å². The van der Waals surface area contributed by atoms with Gasteiger partial charge in [-0.2, -0.15) is 0 Å². The van der Waals surface area contributed by atoms with Gasteiger partial charge in [-0.1, -0.05) is 11.6 Å². The van der Waals surface area contributed by atoms with Crippen molar-refractivity contribution in [3.8, 4) is 0 Å². The van der Waals surface area contributed by atoms with Crippen molar-refractivity contribution >= 4 is 44.8 Å². The van der Waals surface area contributed by atoms with E-state index in [-0.39, 0.29) is 17.4 Å². The van der Waals surface area contributed by atoms with Gasteiger partial charge in [-0.25, -0.2) is 8.42 Å². The van der Waals surface area contributed by atoms with Crippen LogP contribution in [0.3, 0.4) is 0 Å². The van der Waals surface area contributed by atoms with Crippen LogP contribution in [0.2, 0.25) is 5.02 Å². The second kappa shape index (κ2) is 4.40. The fraction of sp³-hybridized carbons (Fsp3) is 0.417. The van der Waals surface area contributed by atoms with Gasteiger partial charge in [0.15, 0.2) is 9.84 Å². The second-order valence-corrected chi connectivity index (χ2v) is 8.74. The number of anilines is 1. The highest BCUT2D eigenvalue weighted by Crippen LogP contribution is 2.46. The van der Waals surface area contributed by atoms with Crippen molar-refractivity contribution in [1.29, 1.82) is 0 Å². The smallest absolute Gasteiger partial charge is 0.238 e. The third kappa shape index (κ3) is 2.26. The van der Waals surface area contributed by atoms with E-state index in [1.54, 1.807) is 29.2 Å². The maximum atomic E-state index is 12.1. The molecule has 1 amide bonds. The lowest BCUT2D eigenvalue weighted by Crippen LogP contribution is -2.45. The Morgan fingerprint density at radius 1 is 1.26 bits per heavy atom. The Balaban J connectivity index is 2.02. The Labute approximate surface area is 121 Å². The molecule has 0 aromatic heterocycles. The molecule has 2 fully saturated rings. The van der Waals surface area contributed by atoms with E-state index in [4.69, 9.17) is 11.6 Å². The average Bonchev–Trinajstić information content (AvgIpc) is 2.82. The van der Waals surface area contributed by atoms with E-state index >= 15 is 0 Å². The predicted molar refractivity (Wildman–Crippen MR) is 77.4 cm³/mol. The van der Waals surface area contributed by atoms with Crippen LogP contribution in [-0.4, -0.2) is 36.5 Å². The standard InChI is InChI=1S/C12H12ClNO3S2/c13-9-1-3-10(4-2-9)14-11(15)7-18-12(14)5-6-19(16,17)8-12/h1-4H,5-8H2/t12-/m0/s1. The number of carbonyl (C=O) groups excluding carboxylic acids is 1. The van der Waals surface area contributed by atoms with Crippen LogP contribution < -0.4 is 4.90 Å². The van der Waals surface area contributed by atoms with Crippen LogP contribution in [0.15, 0.2) is 24.3 Å². The van der Waals surface area contributed by atoms with E-state index in [1.165, 1.54) is 11.8 Å². The maximum absolute atomic E-state index is 12.1. The van der Waals surface area contributed by atoms with Gasteiger partial charge >= 0.3 is 0 Å². The van der Waals surface area contributed by atoms with Crippen LogP contribution in [0.1, 0.15) is 6.42 Å². The maximum Gasteiger partial charge on any atom is 0.238 e. The SMILES string of the molecule is O=C1CS[C@]2(CCS(=O)(=O)C2)N1c1ccc(Cl)cc1. The first-order chi connectivity index (χ1) is 8.92. The number of hydrogen-bond donors (Lipinski definition) is 0. The highest BCUT2D eigenvalue weighted by Gasteiger charge is 2.53. The van der Waals surface area contributed by atoms with Crippen LogP contribution in [0.25, 0.3) is 0 Å². The van der Waals surface area contributed by atoms with Gasteiger partial charge in [0.05, 0.1) is 17.3 Å². The summed E-state index contributed by atoms with van der Waals surface area (Å²) >= 11 is 7.28. The molecule has 1 aromatic rings. The van der Waals surface area contributed by atoms with Crippen molar-refractivity contribution in [2.24, 2.45) is 0 Å². The monoisotopic (exact) mass is 317 g/mol. The minimum atomic E-state index is -3.05. The molecular weight excluding hydrogens is 306 g/mol. The Morgan fingerprint density at radius 2 is 1.95 bits per heavy atom.